The van der Waals surface area contributed by atoms with Gasteiger partial charge >= 0.3 is 0 Å². The molecule has 4 heteroatoms. The highest BCUT2D eigenvalue weighted by atomic mass is 35.5. The van der Waals surface area contributed by atoms with E-state index in [0.717, 1.165) is 37.3 Å². The minimum absolute atomic E-state index is 0.130. The van der Waals surface area contributed by atoms with Crippen molar-refractivity contribution in [3.63, 3.8) is 0 Å². The Morgan fingerprint density at radius 2 is 2.12 bits per heavy atom. The van der Waals surface area contributed by atoms with Gasteiger partial charge in [-0.1, -0.05) is 17.7 Å². The Kier molecular flexibility index (Phi) is 4.37. The van der Waals surface area contributed by atoms with Gasteiger partial charge in [-0.3, -0.25) is 4.90 Å². The molecule has 1 saturated heterocycles. The number of nitrogens with one attached hydrogen (secondary N) is 1. The molecule has 1 aromatic rings. The van der Waals surface area contributed by atoms with Gasteiger partial charge in [0.1, 0.15) is 6.67 Å². The van der Waals surface area contributed by atoms with Crippen LogP contribution in [0.2, 0.25) is 5.02 Å². The Morgan fingerprint density at radius 1 is 1.41 bits per heavy atom. The van der Waals surface area contributed by atoms with Crippen LogP contribution in [0.5, 0.6) is 0 Å². The number of alkyl halides is 1. The number of hydrogen-bond acceptors (Lipinski definition) is 2. The van der Waals surface area contributed by atoms with E-state index in [-0.39, 0.29) is 12.7 Å². The Hall–Kier alpha value is -0.640. The summed E-state index contributed by atoms with van der Waals surface area (Å²) in [7, 11) is 0. The molecule has 0 spiro atoms. The number of rotatable bonds is 3. The van der Waals surface area contributed by atoms with Crippen molar-refractivity contribution < 1.29 is 4.39 Å². The average molecular weight is 257 g/mol. The molecule has 1 heterocycles. The van der Waals surface area contributed by atoms with Crippen molar-refractivity contribution >= 4 is 11.6 Å². The SMILES string of the molecule is Cc1cc(Cl)ccc1[C@@H](CF)N1CCNCC1. The lowest BCUT2D eigenvalue weighted by Crippen LogP contribution is -2.45. The number of hydrogen-bond donors (Lipinski definition) is 1. The van der Waals surface area contributed by atoms with E-state index in [1.165, 1.54) is 0 Å². The van der Waals surface area contributed by atoms with Crippen molar-refractivity contribution in [3.05, 3.63) is 34.3 Å². The van der Waals surface area contributed by atoms with E-state index in [1.807, 2.05) is 25.1 Å². The van der Waals surface area contributed by atoms with Gasteiger partial charge in [-0.25, -0.2) is 4.39 Å². The van der Waals surface area contributed by atoms with Crippen LogP contribution in [0.25, 0.3) is 0 Å². The maximum absolute atomic E-state index is 13.3. The van der Waals surface area contributed by atoms with Crippen LogP contribution in [0.15, 0.2) is 18.2 Å². The molecule has 0 bridgehead atoms. The first kappa shape index (κ1) is 12.8. The molecule has 0 aromatic heterocycles. The van der Waals surface area contributed by atoms with Gasteiger partial charge in [0.2, 0.25) is 0 Å². The van der Waals surface area contributed by atoms with Crippen LogP contribution in [0, 0.1) is 6.92 Å². The zero-order valence-corrected chi connectivity index (χ0v) is 10.8. The van der Waals surface area contributed by atoms with Gasteiger partial charge in [-0.15, -0.1) is 0 Å². The number of benzene rings is 1. The Morgan fingerprint density at radius 3 is 2.71 bits per heavy atom. The minimum Gasteiger partial charge on any atom is -0.314 e. The van der Waals surface area contributed by atoms with Crippen LogP contribution in [0.3, 0.4) is 0 Å². The molecule has 0 amide bonds. The van der Waals surface area contributed by atoms with Crippen LogP contribution in [0.4, 0.5) is 4.39 Å². The van der Waals surface area contributed by atoms with Gasteiger partial charge in [-0.05, 0) is 30.2 Å². The fraction of sp³-hybridized carbons (Fsp3) is 0.538. The Bertz CT molecular complexity index is 378. The van der Waals surface area contributed by atoms with Gasteiger partial charge < -0.3 is 5.32 Å². The summed E-state index contributed by atoms with van der Waals surface area (Å²) in [6.45, 7) is 5.31. The van der Waals surface area contributed by atoms with Crippen molar-refractivity contribution in [2.24, 2.45) is 0 Å². The largest absolute Gasteiger partial charge is 0.314 e. The van der Waals surface area contributed by atoms with Crippen LogP contribution in [-0.2, 0) is 0 Å². The zero-order valence-electron chi connectivity index (χ0n) is 10.0. The van der Waals surface area contributed by atoms with E-state index < -0.39 is 0 Å². The quantitative estimate of drug-likeness (QED) is 0.894. The van der Waals surface area contributed by atoms with Crippen molar-refractivity contribution in [2.45, 2.75) is 13.0 Å². The van der Waals surface area contributed by atoms with Crippen molar-refractivity contribution in [1.29, 1.82) is 0 Å². The second-order valence-corrected chi connectivity index (χ2v) is 4.89. The number of nitrogens with zero attached hydrogens (tertiary/aromatic N) is 1. The number of piperazine rings is 1. The second kappa shape index (κ2) is 5.80. The van der Waals surface area contributed by atoms with Crippen LogP contribution >= 0.6 is 11.6 Å². The molecule has 1 aromatic carbocycles. The standard InChI is InChI=1S/C13H18ClFN2/c1-10-8-11(14)2-3-12(10)13(9-15)17-6-4-16-5-7-17/h2-3,8,13,16H,4-7,9H2,1H3/t13-/m1/s1. The molecule has 94 valence electrons. The normalized spacial score (nSPS) is 19.2. The fourth-order valence-electron chi connectivity index (χ4n) is 2.38. The molecule has 1 aliphatic heterocycles. The molecule has 0 unspecified atom stereocenters. The molecule has 1 fully saturated rings. The van der Waals surface area contributed by atoms with E-state index in [9.17, 15) is 4.39 Å². The summed E-state index contributed by atoms with van der Waals surface area (Å²) >= 11 is 5.93. The van der Waals surface area contributed by atoms with Crippen LogP contribution in [0.1, 0.15) is 17.2 Å². The lowest BCUT2D eigenvalue weighted by atomic mass is 10.0. The smallest absolute Gasteiger partial charge is 0.109 e. The van der Waals surface area contributed by atoms with E-state index in [2.05, 4.69) is 10.2 Å². The highest BCUT2D eigenvalue weighted by Gasteiger charge is 2.23. The number of halogens is 2. The molecule has 1 N–H and O–H groups in total. The summed E-state index contributed by atoms with van der Waals surface area (Å²) in [5.74, 6) is 0. The second-order valence-electron chi connectivity index (χ2n) is 4.46. The third-order valence-corrected chi connectivity index (χ3v) is 3.56. The summed E-state index contributed by atoms with van der Waals surface area (Å²) in [6, 6.07) is 5.56. The van der Waals surface area contributed by atoms with Gasteiger partial charge in [0, 0.05) is 31.2 Å². The van der Waals surface area contributed by atoms with Gasteiger partial charge in [0.05, 0.1) is 6.04 Å². The molecule has 1 atom stereocenters. The maximum atomic E-state index is 13.3. The average Bonchev–Trinajstić information content (AvgIpc) is 2.34. The van der Waals surface area contributed by atoms with Crippen molar-refractivity contribution in [1.82, 2.24) is 10.2 Å². The topological polar surface area (TPSA) is 15.3 Å². The van der Waals surface area contributed by atoms with Gasteiger partial charge in [-0.2, -0.15) is 0 Å². The summed E-state index contributed by atoms with van der Waals surface area (Å²) in [5.41, 5.74) is 2.12. The summed E-state index contributed by atoms with van der Waals surface area (Å²) in [6.07, 6.45) is 0. The predicted octanol–water partition coefficient (Wildman–Crippen LogP) is 2.56. The molecular formula is C13H18ClFN2. The lowest BCUT2D eigenvalue weighted by molar-refractivity contribution is 0.147. The molecule has 0 aliphatic carbocycles. The summed E-state index contributed by atoms with van der Waals surface area (Å²) in [5, 5.41) is 4.00. The van der Waals surface area contributed by atoms with E-state index >= 15 is 0 Å². The lowest BCUT2D eigenvalue weighted by Gasteiger charge is -2.34. The highest BCUT2D eigenvalue weighted by Crippen LogP contribution is 2.26. The van der Waals surface area contributed by atoms with Gasteiger partial charge in [0.15, 0.2) is 0 Å². The minimum atomic E-state index is -0.345. The highest BCUT2D eigenvalue weighted by molar-refractivity contribution is 6.30. The Labute approximate surface area is 107 Å². The van der Waals surface area contributed by atoms with E-state index in [0.29, 0.717) is 5.02 Å². The van der Waals surface area contributed by atoms with E-state index in [4.69, 9.17) is 11.6 Å². The zero-order chi connectivity index (χ0) is 12.3. The molecule has 1 aliphatic rings. The molecule has 2 nitrogen and oxygen atoms in total. The molecule has 17 heavy (non-hydrogen) atoms. The van der Waals surface area contributed by atoms with Gasteiger partial charge in [0.25, 0.3) is 0 Å². The van der Waals surface area contributed by atoms with E-state index in [1.54, 1.807) is 0 Å². The third kappa shape index (κ3) is 2.97. The summed E-state index contributed by atoms with van der Waals surface area (Å²) < 4.78 is 13.3. The first-order valence-corrected chi connectivity index (χ1v) is 6.37. The Balaban J connectivity index is 2.21. The van der Waals surface area contributed by atoms with Crippen molar-refractivity contribution in [3.8, 4) is 0 Å². The first-order valence-electron chi connectivity index (χ1n) is 5.99. The summed E-state index contributed by atoms with van der Waals surface area (Å²) in [4.78, 5) is 2.20. The number of aryl methyl sites for hydroxylation is 1. The molecule has 0 radical (unpaired) electrons. The maximum Gasteiger partial charge on any atom is 0.109 e. The van der Waals surface area contributed by atoms with Crippen LogP contribution < -0.4 is 5.32 Å². The first-order chi connectivity index (χ1) is 8.22. The molecular weight excluding hydrogens is 239 g/mol. The molecule has 2 rings (SSSR count). The predicted molar refractivity (Wildman–Crippen MR) is 69.3 cm³/mol. The third-order valence-electron chi connectivity index (χ3n) is 3.33. The fourth-order valence-corrected chi connectivity index (χ4v) is 2.61. The monoisotopic (exact) mass is 256 g/mol. The molecule has 0 saturated carbocycles. The van der Waals surface area contributed by atoms with Crippen molar-refractivity contribution in [2.75, 3.05) is 32.9 Å². The van der Waals surface area contributed by atoms with Crippen LogP contribution in [-0.4, -0.2) is 37.8 Å².